The first-order chi connectivity index (χ1) is 8.20. The minimum Gasteiger partial charge on any atom is -0.390 e. The topological polar surface area (TPSA) is 52.5 Å². The van der Waals surface area contributed by atoms with Crippen LogP contribution < -0.4 is 4.90 Å². The Morgan fingerprint density at radius 2 is 2.00 bits per heavy atom. The third-order valence-electron chi connectivity index (χ3n) is 3.37. The van der Waals surface area contributed by atoms with Crippen molar-refractivity contribution in [2.75, 3.05) is 32.1 Å². The van der Waals surface area contributed by atoms with Gasteiger partial charge in [-0.1, -0.05) is 0 Å². The zero-order valence-electron chi connectivity index (χ0n) is 10.5. The molecule has 0 bridgehead atoms. The summed E-state index contributed by atoms with van der Waals surface area (Å²) in [4.78, 5) is 13.0. The highest BCUT2D eigenvalue weighted by atomic mass is 16.3. The van der Waals surface area contributed by atoms with Gasteiger partial charge in [-0.3, -0.25) is 4.98 Å². The van der Waals surface area contributed by atoms with Crippen molar-refractivity contribution in [2.45, 2.75) is 25.5 Å². The van der Waals surface area contributed by atoms with E-state index in [0.29, 0.717) is 11.7 Å². The molecule has 2 rings (SSSR count). The number of anilines is 1. The van der Waals surface area contributed by atoms with Gasteiger partial charge in [-0.2, -0.15) is 0 Å². The molecule has 94 valence electrons. The zero-order valence-corrected chi connectivity index (χ0v) is 10.5. The largest absolute Gasteiger partial charge is 0.390 e. The summed E-state index contributed by atoms with van der Waals surface area (Å²) in [6.07, 6.45) is 5.72. The van der Waals surface area contributed by atoms with E-state index in [1.54, 1.807) is 12.4 Å². The molecule has 1 aliphatic rings. The minimum absolute atomic E-state index is 0.0457. The fraction of sp³-hybridized carbons (Fsp3) is 0.667. The third kappa shape index (κ3) is 2.92. The molecule has 17 heavy (non-hydrogen) atoms. The molecule has 0 unspecified atom stereocenters. The van der Waals surface area contributed by atoms with Gasteiger partial charge in [-0.05, 0) is 26.9 Å². The molecule has 1 N–H and O–H groups in total. The number of hydrogen-bond donors (Lipinski definition) is 1. The smallest absolute Gasteiger partial charge is 0.147 e. The lowest BCUT2D eigenvalue weighted by molar-refractivity contribution is 0.249. The van der Waals surface area contributed by atoms with E-state index in [4.69, 9.17) is 5.11 Å². The SMILES string of the molecule is CN(C)C1CCN(c2cnc(CO)cn2)CC1. The van der Waals surface area contributed by atoms with Gasteiger partial charge in [0.15, 0.2) is 0 Å². The van der Waals surface area contributed by atoms with Crippen LogP contribution in [0.25, 0.3) is 0 Å². The second-order valence-corrected chi connectivity index (χ2v) is 4.71. The van der Waals surface area contributed by atoms with E-state index in [1.165, 1.54) is 0 Å². The Morgan fingerprint density at radius 3 is 2.47 bits per heavy atom. The van der Waals surface area contributed by atoms with E-state index in [9.17, 15) is 0 Å². The third-order valence-corrected chi connectivity index (χ3v) is 3.37. The zero-order chi connectivity index (χ0) is 12.3. The van der Waals surface area contributed by atoms with Crippen molar-refractivity contribution in [2.24, 2.45) is 0 Å². The summed E-state index contributed by atoms with van der Waals surface area (Å²) in [5, 5.41) is 8.91. The second kappa shape index (κ2) is 5.42. The fourth-order valence-corrected chi connectivity index (χ4v) is 2.20. The highest BCUT2D eigenvalue weighted by Gasteiger charge is 2.21. The van der Waals surface area contributed by atoms with Gasteiger partial charge in [0, 0.05) is 19.1 Å². The monoisotopic (exact) mass is 236 g/mol. The molecule has 1 aliphatic heterocycles. The van der Waals surface area contributed by atoms with Gasteiger partial charge in [-0.15, -0.1) is 0 Å². The van der Waals surface area contributed by atoms with Gasteiger partial charge in [0.1, 0.15) is 5.82 Å². The summed E-state index contributed by atoms with van der Waals surface area (Å²) < 4.78 is 0. The van der Waals surface area contributed by atoms with Gasteiger partial charge in [0.25, 0.3) is 0 Å². The molecule has 0 radical (unpaired) electrons. The molecule has 1 aromatic rings. The highest BCUT2D eigenvalue weighted by molar-refractivity contribution is 5.36. The molecule has 1 aromatic heterocycles. The molecular formula is C12H20N4O. The maximum atomic E-state index is 8.91. The van der Waals surface area contributed by atoms with E-state index in [-0.39, 0.29) is 6.61 Å². The van der Waals surface area contributed by atoms with Crippen molar-refractivity contribution >= 4 is 5.82 Å². The number of hydrogen-bond acceptors (Lipinski definition) is 5. The van der Waals surface area contributed by atoms with Crippen molar-refractivity contribution in [3.05, 3.63) is 18.1 Å². The van der Waals surface area contributed by atoms with Crippen molar-refractivity contribution in [1.29, 1.82) is 0 Å². The number of aliphatic hydroxyl groups is 1. The normalized spacial score (nSPS) is 17.8. The molecule has 2 heterocycles. The fourth-order valence-electron chi connectivity index (χ4n) is 2.20. The number of aromatic nitrogens is 2. The van der Waals surface area contributed by atoms with Gasteiger partial charge in [0.05, 0.1) is 24.7 Å². The van der Waals surface area contributed by atoms with Crippen molar-refractivity contribution in [1.82, 2.24) is 14.9 Å². The van der Waals surface area contributed by atoms with Crippen LogP contribution in [-0.2, 0) is 6.61 Å². The summed E-state index contributed by atoms with van der Waals surface area (Å²) in [5.41, 5.74) is 0.622. The van der Waals surface area contributed by atoms with Crippen molar-refractivity contribution in [3.8, 4) is 0 Å². The van der Waals surface area contributed by atoms with Crippen LogP contribution in [0.5, 0.6) is 0 Å². The molecule has 0 saturated carbocycles. The van der Waals surface area contributed by atoms with Crippen molar-refractivity contribution in [3.63, 3.8) is 0 Å². The molecule has 5 heteroatoms. The molecule has 0 aromatic carbocycles. The molecule has 0 spiro atoms. The Morgan fingerprint density at radius 1 is 1.29 bits per heavy atom. The summed E-state index contributed by atoms with van der Waals surface area (Å²) >= 11 is 0. The van der Waals surface area contributed by atoms with Crippen LogP contribution in [0.15, 0.2) is 12.4 Å². The van der Waals surface area contributed by atoms with E-state index in [1.807, 2.05) is 0 Å². The number of nitrogens with zero attached hydrogens (tertiary/aromatic N) is 4. The number of aliphatic hydroxyl groups excluding tert-OH is 1. The molecule has 0 amide bonds. The van der Waals surface area contributed by atoms with Gasteiger partial charge >= 0.3 is 0 Å². The molecule has 0 aliphatic carbocycles. The van der Waals surface area contributed by atoms with Crippen LogP contribution in [0.4, 0.5) is 5.82 Å². The Kier molecular flexibility index (Phi) is 3.91. The first-order valence-corrected chi connectivity index (χ1v) is 6.04. The summed E-state index contributed by atoms with van der Waals surface area (Å²) in [6.45, 7) is 2.00. The first kappa shape index (κ1) is 12.3. The number of rotatable bonds is 3. The highest BCUT2D eigenvalue weighted by Crippen LogP contribution is 2.19. The average molecular weight is 236 g/mol. The van der Waals surface area contributed by atoms with Gasteiger partial charge < -0.3 is 14.9 Å². The standard InChI is InChI=1S/C12H20N4O/c1-15(2)11-3-5-16(6-4-11)12-8-13-10(9-17)7-14-12/h7-8,11,17H,3-6,9H2,1-2H3. The van der Waals surface area contributed by atoms with Crippen LogP contribution in [0.2, 0.25) is 0 Å². The van der Waals surface area contributed by atoms with Crippen LogP contribution in [-0.4, -0.2) is 53.2 Å². The lowest BCUT2D eigenvalue weighted by Gasteiger charge is -2.35. The predicted molar refractivity (Wildman–Crippen MR) is 66.9 cm³/mol. The van der Waals surface area contributed by atoms with E-state index in [2.05, 4.69) is 33.9 Å². The Balaban J connectivity index is 1.95. The molecular weight excluding hydrogens is 216 g/mol. The van der Waals surface area contributed by atoms with Crippen LogP contribution in [0, 0.1) is 0 Å². The van der Waals surface area contributed by atoms with Gasteiger partial charge in [-0.25, -0.2) is 4.98 Å². The maximum Gasteiger partial charge on any atom is 0.147 e. The Labute approximate surface area is 102 Å². The van der Waals surface area contributed by atoms with Crippen LogP contribution in [0.3, 0.4) is 0 Å². The lowest BCUT2D eigenvalue weighted by atomic mass is 10.0. The summed E-state index contributed by atoms with van der Waals surface area (Å²) in [5.74, 6) is 0.916. The van der Waals surface area contributed by atoms with Crippen molar-refractivity contribution < 1.29 is 5.11 Å². The summed E-state index contributed by atoms with van der Waals surface area (Å²) in [6, 6.07) is 0.677. The Hall–Kier alpha value is -1.20. The predicted octanol–water partition coefficient (Wildman–Crippen LogP) is 0.499. The van der Waals surface area contributed by atoms with E-state index >= 15 is 0 Å². The summed E-state index contributed by atoms with van der Waals surface area (Å²) in [7, 11) is 4.27. The second-order valence-electron chi connectivity index (χ2n) is 4.71. The lowest BCUT2D eigenvalue weighted by Crippen LogP contribution is -2.42. The molecule has 5 nitrogen and oxygen atoms in total. The van der Waals surface area contributed by atoms with Crippen LogP contribution >= 0.6 is 0 Å². The first-order valence-electron chi connectivity index (χ1n) is 6.04. The van der Waals surface area contributed by atoms with E-state index < -0.39 is 0 Å². The molecule has 1 fully saturated rings. The molecule has 0 atom stereocenters. The average Bonchev–Trinajstić information content (AvgIpc) is 2.39. The van der Waals surface area contributed by atoms with E-state index in [0.717, 1.165) is 31.7 Å². The number of piperidine rings is 1. The minimum atomic E-state index is -0.0457. The van der Waals surface area contributed by atoms with Gasteiger partial charge in [0.2, 0.25) is 0 Å². The Bertz CT molecular complexity index is 344. The van der Waals surface area contributed by atoms with Crippen LogP contribution in [0.1, 0.15) is 18.5 Å². The quantitative estimate of drug-likeness (QED) is 0.828. The maximum absolute atomic E-state index is 8.91. The molecule has 1 saturated heterocycles.